The molecule has 2 heterocycles. The van der Waals surface area contributed by atoms with Crippen molar-refractivity contribution in [1.82, 2.24) is 10.2 Å². The Morgan fingerprint density at radius 2 is 2.24 bits per heavy atom. The Kier molecular flexibility index (Phi) is 4.69. The summed E-state index contributed by atoms with van der Waals surface area (Å²) in [7, 11) is 3.52. The minimum atomic E-state index is -0.812. The summed E-state index contributed by atoms with van der Waals surface area (Å²) in [6.07, 6.45) is 1.19. The number of thiophene rings is 1. The highest BCUT2D eigenvalue weighted by Crippen LogP contribution is 2.27. The normalized spacial score (nSPS) is 19.2. The molecule has 0 radical (unpaired) electrons. The fraction of sp³-hybridized carbons (Fsp3) is 0.538. The third kappa shape index (κ3) is 3.11. The first-order valence-electron chi connectivity index (χ1n) is 6.63. The Morgan fingerprint density at radius 1 is 1.57 bits per heavy atom. The molecule has 116 valence electrons. The van der Waals surface area contributed by atoms with Crippen LogP contribution in [0.5, 0.6) is 5.75 Å². The Hall–Kier alpha value is -1.80. The Bertz CT molecular complexity index is 535. The summed E-state index contributed by atoms with van der Waals surface area (Å²) in [6, 6.07) is 1.74. The van der Waals surface area contributed by atoms with Gasteiger partial charge in [0.25, 0.3) is 5.91 Å². The first-order chi connectivity index (χ1) is 10.0. The molecule has 0 saturated carbocycles. The molecule has 21 heavy (non-hydrogen) atoms. The number of nitrogens with one attached hydrogen (secondary N) is 1. The standard InChI is InChI=1S/C13H20N4O3S/c1-17-6-4-13(5-7-17,12(14)16-19)15-11(18)10-9(20-2)3-8-21-10/h3,8,19H,4-7H2,1-2H3,(H2,14,16)(H,15,18). The van der Waals surface area contributed by atoms with Gasteiger partial charge < -0.3 is 25.9 Å². The maximum Gasteiger partial charge on any atom is 0.265 e. The zero-order valence-electron chi connectivity index (χ0n) is 12.1. The zero-order chi connectivity index (χ0) is 15.5. The van der Waals surface area contributed by atoms with Crippen molar-refractivity contribution in [2.45, 2.75) is 18.4 Å². The number of amides is 1. The number of likely N-dealkylation sites (tertiary alicyclic amines) is 1. The van der Waals surface area contributed by atoms with Crippen LogP contribution in [0.1, 0.15) is 22.5 Å². The SMILES string of the molecule is COc1ccsc1C(=O)NC1(/C(N)=N/O)CCN(C)CC1. The van der Waals surface area contributed by atoms with E-state index in [0.29, 0.717) is 23.5 Å². The molecule has 0 bridgehead atoms. The number of ether oxygens (including phenoxy) is 1. The maximum absolute atomic E-state index is 12.5. The van der Waals surface area contributed by atoms with Gasteiger partial charge in [-0.3, -0.25) is 4.79 Å². The van der Waals surface area contributed by atoms with Crippen LogP contribution in [0.15, 0.2) is 16.6 Å². The van der Waals surface area contributed by atoms with E-state index in [1.165, 1.54) is 18.4 Å². The minimum absolute atomic E-state index is 0.0412. The van der Waals surface area contributed by atoms with E-state index in [9.17, 15) is 4.79 Å². The summed E-state index contributed by atoms with van der Waals surface area (Å²) < 4.78 is 5.16. The molecule has 0 unspecified atom stereocenters. The fourth-order valence-corrected chi connectivity index (χ4v) is 3.19. The highest BCUT2D eigenvalue weighted by molar-refractivity contribution is 7.12. The number of nitrogens with two attached hydrogens (primary N) is 1. The van der Waals surface area contributed by atoms with E-state index in [-0.39, 0.29) is 11.7 Å². The largest absolute Gasteiger partial charge is 0.495 e. The van der Waals surface area contributed by atoms with Crippen molar-refractivity contribution < 1.29 is 14.7 Å². The second-order valence-corrected chi connectivity index (χ2v) is 6.06. The average Bonchev–Trinajstić information content (AvgIpc) is 2.97. The lowest BCUT2D eigenvalue weighted by molar-refractivity contribution is 0.0888. The van der Waals surface area contributed by atoms with Crippen LogP contribution in [0.4, 0.5) is 0 Å². The van der Waals surface area contributed by atoms with E-state index < -0.39 is 5.54 Å². The molecule has 4 N–H and O–H groups in total. The van der Waals surface area contributed by atoms with Crippen molar-refractivity contribution in [3.05, 3.63) is 16.3 Å². The van der Waals surface area contributed by atoms with Crippen molar-refractivity contribution in [1.29, 1.82) is 0 Å². The van der Waals surface area contributed by atoms with Gasteiger partial charge in [0.1, 0.15) is 16.2 Å². The monoisotopic (exact) mass is 312 g/mol. The number of oxime groups is 1. The van der Waals surface area contributed by atoms with Crippen molar-refractivity contribution >= 4 is 23.1 Å². The number of nitrogens with zero attached hydrogens (tertiary/aromatic N) is 2. The predicted molar refractivity (Wildman–Crippen MR) is 81.2 cm³/mol. The molecule has 8 heteroatoms. The topological polar surface area (TPSA) is 100 Å². The molecule has 1 aromatic rings. The van der Waals surface area contributed by atoms with Crippen LogP contribution < -0.4 is 15.8 Å². The van der Waals surface area contributed by atoms with Crippen molar-refractivity contribution in [2.75, 3.05) is 27.2 Å². The molecule has 0 aromatic carbocycles. The average molecular weight is 312 g/mol. The van der Waals surface area contributed by atoms with Gasteiger partial charge in [0.15, 0.2) is 5.84 Å². The predicted octanol–water partition coefficient (Wildman–Crippen LogP) is 0.697. The lowest BCUT2D eigenvalue weighted by Gasteiger charge is -2.40. The van der Waals surface area contributed by atoms with Gasteiger partial charge in [-0.05, 0) is 31.3 Å². The number of amidine groups is 1. The molecule has 7 nitrogen and oxygen atoms in total. The van der Waals surface area contributed by atoms with Crippen LogP contribution in [-0.4, -0.2) is 54.6 Å². The van der Waals surface area contributed by atoms with Crippen LogP contribution in [-0.2, 0) is 0 Å². The Morgan fingerprint density at radius 3 is 2.81 bits per heavy atom. The van der Waals surface area contributed by atoms with Gasteiger partial charge in [0, 0.05) is 13.1 Å². The van der Waals surface area contributed by atoms with Crippen LogP contribution in [0.25, 0.3) is 0 Å². The highest BCUT2D eigenvalue weighted by atomic mass is 32.1. The van der Waals surface area contributed by atoms with Crippen LogP contribution in [0.2, 0.25) is 0 Å². The molecular weight excluding hydrogens is 292 g/mol. The van der Waals surface area contributed by atoms with Crippen molar-refractivity contribution in [2.24, 2.45) is 10.9 Å². The number of hydrogen-bond donors (Lipinski definition) is 3. The Balaban J connectivity index is 2.22. The molecule has 2 rings (SSSR count). The third-order valence-electron chi connectivity index (χ3n) is 3.85. The van der Waals surface area contributed by atoms with Gasteiger partial charge in [0.05, 0.1) is 7.11 Å². The molecule has 0 atom stereocenters. The number of methoxy groups -OCH3 is 1. The summed E-state index contributed by atoms with van der Waals surface area (Å²) >= 11 is 1.30. The van der Waals surface area contributed by atoms with Crippen LogP contribution in [0.3, 0.4) is 0 Å². The molecule has 1 aromatic heterocycles. The summed E-state index contributed by atoms with van der Waals surface area (Å²) in [6.45, 7) is 1.52. The fourth-order valence-electron chi connectivity index (χ4n) is 2.44. The quantitative estimate of drug-likeness (QED) is 0.329. The van der Waals surface area contributed by atoms with Crippen LogP contribution in [0, 0.1) is 0 Å². The summed E-state index contributed by atoms with van der Waals surface area (Å²) in [5.74, 6) is 0.303. The molecule has 0 spiro atoms. The molecule has 1 aliphatic rings. The lowest BCUT2D eigenvalue weighted by Crippen LogP contribution is -2.62. The third-order valence-corrected chi connectivity index (χ3v) is 4.74. The zero-order valence-corrected chi connectivity index (χ0v) is 12.9. The summed E-state index contributed by atoms with van der Waals surface area (Å²) in [4.78, 5) is 15.1. The Labute approximate surface area is 127 Å². The van der Waals surface area contributed by atoms with E-state index in [0.717, 1.165) is 13.1 Å². The number of rotatable bonds is 4. The molecule has 1 aliphatic heterocycles. The molecule has 1 fully saturated rings. The van der Waals surface area contributed by atoms with Gasteiger partial charge in [-0.1, -0.05) is 5.16 Å². The molecular formula is C13H20N4O3S. The lowest BCUT2D eigenvalue weighted by atomic mass is 9.86. The second-order valence-electron chi connectivity index (χ2n) is 5.14. The van der Waals surface area contributed by atoms with Crippen LogP contribution >= 0.6 is 11.3 Å². The number of carbonyl (C=O) groups excluding carboxylic acids is 1. The van der Waals surface area contributed by atoms with E-state index in [2.05, 4.69) is 15.4 Å². The number of carbonyl (C=O) groups is 1. The van der Waals surface area contributed by atoms with Gasteiger partial charge >= 0.3 is 0 Å². The van der Waals surface area contributed by atoms with Crippen molar-refractivity contribution in [3.63, 3.8) is 0 Å². The van der Waals surface area contributed by atoms with E-state index in [4.69, 9.17) is 15.7 Å². The van der Waals surface area contributed by atoms with E-state index >= 15 is 0 Å². The molecule has 1 amide bonds. The maximum atomic E-state index is 12.5. The van der Waals surface area contributed by atoms with Crippen molar-refractivity contribution in [3.8, 4) is 5.75 Å². The molecule has 1 saturated heterocycles. The molecule has 0 aliphatic carbocycles. The van der Waals surface area contributed by atoms with Gasteiger partial charge in [0.2, 0.25) is 0 Å². The number of hydrogen-bond acceptors (Lipinski definition) is 6. The second kappa shape index (κ2) is 6.31. The number of piperidine rings is 1. The highest BCUT2D eigenvalue weighted by Gasteiger charge is 2.40. The van der Waals surface area contributed by atoms with Gasteiger partial charge in [-0.25, -0.2) is 0 Å². The smallest absolute Gasteiger partial charge is 0.265 e. The van der Waals surface area contributed by atoms with E-state index in [1.54, 1.807) is 11.4 Å². The summed E-state index contributed by atoms with van der Waals surface area (Å²) in [5, 5.41) is 16.9. The van der Waals surface area contributed by atoms with Gasteiger partial charge in [-0.2, -0.15) is 0 Å². The first kappa shape index (κ1) is 15.6. The van der Waals surface area contributed by atoms with E-state index in [1.807, 2.05) is 7.05 Å². The summed E-state index contributed by atoms with van der Waals surface area (Å²) in [5.41, 5.74) is 5.03. The minimum Gasteiger partial charge on any atom is -0.495 e. The van der Waals surface area contributed by atoms with Gasteiger partial charge in [-0.15, -0.1) is 11.3 Å². The first-order valence-corrected chi connectivity index (χ1v) is 7.51.